The third-order valence-electron chi connectivity index (χ3n) is 3.54. The highest BCUT2D eigenvalue weighted by Crippen LogP contribution is 2.28. The molecule has 0 bridgehead atoms. The van der Waals surface area contributed by atoms with Crippen LogP contribution in [0.1, 0.15) is 27.2 Å². The van der Waals surface area contributed by atoms with E-state index in [-0.39, 0.29) is 32.1 Å². The Morgan fingerprint density at radius 1 is 1.04 bits per heavy atom. The molecule has 0 unspecified atom stereocenters. The summed E-state index contributed by atoms with van der Waals surface area (Å²) < 4.78 is 15.2. The predicted molar refractivity (Wildman–Crippen MR) is 92.4 cm³/mol. The number of benzene rings is 1. The molecule has 7 heteroatoms. The Morgan fingerprint density at radius 3 is 2.08 bits per heavy atom. The van der Waals surface area contributed by atoms with E-state index in [9.17, 15) is 14.4 Å². The van der Waals surface area contributed by atoms with Gasteiger partial charge in [-0.3, -0.25) is 14.4 Å². The zero-order valence-corrected chi connectivity index (χ0v) is 15.1. The van der Waals surface area contributed by atoms with Gasteiger partial charge < -0.3 is 19.1 Å². The molecule has 25 heavy (non-hydrogen) atoms. The van der Waals surface area contributed by atoms with Gasteiger partial charge in [0.05, 0.1) is 26.0 Å². The Labute approximate surface area is 147 Å². The lowest BCUT2D eigenvalue weighted by molar-refractivity contribution is -0.161. The van der Waals surface area contributed by atoms with Gasteiger partial charge in [0.25, 0.3) is 0 Å². The molecule has 0 aliphatic rings. The lowest BCUT2D eigenvalue weighted by Crippen LogP contribution is -2.35. The van der Waals surface area contributed by atoms with Crippen molar-refractivity contribution >= 4 is 23.5 Å². The minimum Gasteiger partial charge on any atom is -0.495 e. The summed E-state index contributed by atoms with van der Waals surface area (Å²) in [5.41, 5.74) is 0.573. The van der Waals surface area contributed by atoms with Gasteiger partial charge in [-0.1, -0.05) is 12.1 Å². The number of methoxy groups -OCH3 is 1. The maximum absolute atomic E-state index is 12.1. The summed E-state index contributed by atoms with van der Waals surface area (Å²) in [5, 5.41) is 0. The van der Waals surface area contributed by atoms with Gasteiger partial charge in [0.1, 0.15) is 5.75 Å². The van der Waals surface area contributed by atoms with Gasteiger partial charge in [-0.25, -0.2) is 0 Å². The standard InChI is InChI=1S/C18H25NO6/c1-5-24-17(21)14(18(22)25-6-2)11-12-19(13(3)20)15-9-7-8-10-16(15)23-4/h7-10,14H,5-6,11-12H2,1-4H3. The Morgan fingerprint density at radius 2 is 1.60 bits per heavy atom. The van der Waals surface area contributed by atoms with Crippen molar-refractivity contribution in [3.63, 3.8) is 0 Å². The summed E-state index contributed by atoms with van der Waals surface area (Å²) in [6, 6.07) is 7.05. The van der Waals surface area contributed by atoms with E-state index in [2.05, 4.69) is 0 Å². The average Bonchev–Trinajstić information content (AvgIpc) is 2.58. The molecule has 1 aromatic carbocycles. The highest BCUT2D eigenvalue weighted by molar-refractivity contribution is 5.96. The second-order valence-electron chi connectivity index (χ2n) is 5.19. The van der Waals surface area contributed by atoms with Gasteiger partial charge in [-0.15, -0.1) is 0 Å². The van der Waals surface area contributed by atoms with Crippen molar-refractivity contribution in [3.05, 3.63) is 24.3 Å². The quantitative estimate of drug-likeness (QED) is 0.501. The number of hydrogen-bond acceptors (Lipinski definition) is 6. The number of anilines is 1. The van der Waals surface area contributed by atoms with Crippen LogP contribution in [0.5, 0.6) is 5.75 Å². The Balaban J connectivity index is 2.97. The first-order valence-corrected chi connectivity index (χ1v) is 8.20. The maximum Gasteiger partial charge on any atom is 0.320 e. The number of para-hydroxylation sites is 2. The molecule has 0 spiro atoms. The van der Waals surface area contributed by atoms with Crippen molar-refractivity contribution in [1.29, 1.82) is 0 Å². The zero-order valence-electron chi connectivity index (χ0n) is 15.1. The van der Waals surface area contributed by atoms with Gasteiger partial charge in [0.2, 0.25) is 5.91 Å². The molecule has 0 atom stereocenters. The molecule has 0 aliphatic carbocycles. The minimum atomic E-state index is -1.07. The largest absolute Gasteiger partial charge is 0.495 e. The van der Waals surface area contributed by atoms with E-state index >= 15 is 0 Å². The lowest BCUT2D eigenvalue weighted by Gasteiger charge is -2.24. The number of nitrogens with zero attached hydrogens (tertiary/aromatic N) is 1. The van der Waals surface area contributed by atoms with Crippen molar-refractivity contribution in [2.45, 2.75) is 27.2 Å². The highest BCUT2D eigenvalue weighted by Gasteiger charge is 2.30. The van der Waals surface area contributed by atoms with Crippen LogP contribution < -0.4 is 9.64 Å². The number of carbonyl (C=O) groups is 3. The molecule has 7 nitrogen and oxygen atoms in total. The van der Waals surface area contributed by atoms with Crippen LogP contribution >= 0.6 is 0 Å². The van der Waals surface area contributed by atoms with Crippen molar-refractivity contribution < 1.29 is 28.6 Å². The van der Waals surface area contributed by atoms with Crippen LogP contribution in [-0.4, -0.2) is 44.7 Å². The van der Waals surface area contributed by atoms with Gasteiger partial charge in [-0.05, 0) is 32.4 Å². The molecule has 0 aromatic heterocycles. The average molecular weight is 351 g/mol. The summed E-state index contributed by atoms with van der Waals surface area (Å²) in [4.78, 5) is 37.6. The fraction of sp³-hybridized carbons (Fsp3) is 0.500. The van der Waals surface area contributed by atoms with Crippen molar-refractivity contribution in [2.24, 2.45) is 5.92 Å². The van der Waals surface area contributed by atoms with Gasteiger partial charge in [-0.2, -0.15) is 0 Å². The van der Waals surface area contributed by atoms with E-state index < -0.39 is 17.9 Å². The molecule has 0 N–H and O–H groups in total. The predicted octanol–water partition coefficient (Wildman–Crippen LogP) is 2.18. The summed E-state index contributed by atoms with van der Waals surface area (Å²) in [6.07, 6.45) is 0.0926. The molecule has 0 heterocycles. The Kier molecular flexibility index (Phi) is 8.46. The monoisotopic (exact) mass is 351 g/mol. The van der Waals surface area contributed by atoms with Crippen LogP contribution in [0, 0.1) is 5.92 Å². The SMILES string of the molecule is CCOC(=O)C(CCN(C(C)=O)c1ccccc1OC)C(=O)OCC. The summed E-state index contributed by atoms with van der Waals surface area (Å²) >= 11 is 0. The second-order valence-corrected chi connectivity index (χ2v) is 5.19. The molecular weight excluding hydrogens is 326 g/mol. The Bertz CT molecular complexity index is 583. The molecular formula is C18H25NO6. The molecule has 1 amide bonds. The highest BCUT2D eigenvalue weighted by atomic mass is 16.6. The number of hydrogen-bond donors (Lipinski definition) is 0. The first-order valence-electron chi connectivity index (χ1n) is 8.20. The van der Waals surface area contributed by atoms with Crippen LogP contribution in [0.2, 0.25) is 0 Å². The van der Waals surface area contributed by atoms with Crippen LogP contribution in [0.25, 0.3) is 0 Å². The minimum absolute atomic E-state index is 0.0926. The third kappa shape index (κ3) is 5.77. The number of amides is 1. The van der Waals surface area contributed by atoms with Gasteiger partial charge >= 0.3 is 11.9 Å². The molecule has 1 rings (SSSR count). The van der Waals surface area contributed by atoms with E-state index in [0.717, 1.165) is 0 Å². The zero-order chi connectivity index (χ0) is 18.8. The molecule has 0 saturated heterocycles. The van der Waals surface area contributed by atoms with Crippen molar-refractivity contribution in [2.75, 3.05) is 31.8 Å². The molecule has 0 radical (unpaired) electrons. The molecule has 1 aromatic rings. The number of carbonyl (C=O) groups excluding carboxylic acids is 3. The van der Waals surface area contributed by atoms with Crippen LogP contribution in [0.3, 0.4) is 0 Å². The van der Waals surface area contributed by atoms with Gasteiger partial charge in [0, 0.05) is 13.5 Å². The topological polar surface area (TPSA) is 82.1 Å². The van der Waals surface area contributed by atoms with E-state index in [1.54, 1.807) is 38.1 Å². The first kappa shape index (κ1) is 20.5. The lowest BCUT2D eigenvalue weighted by atomic mass is 10.1. The van der Waals surface area contributed by atoms with E-state index in [0.29, 0.717) is 11.4 Å². The Hall–Kier alpha value is -2.57. The second kappa shape index (κ2) is 10.3. The van der Waals surface area contributed by atoms with Crippen molar-refractivity contribution in [3.8, 4) is 5.75 Å². The van der Waals surface area contributed by atoms with Crippen LogP contribution in [0.4, 0.5) is 5.69 Å². The van der Waals surface area contributed by atoms with Crippen molar-refractivity contribution in [1.82, 2.24) is 0 Å². The number of ether oxygens (including phenoxy) is 3. The first-order chi connectivity index (χ1) is 12.0. The van der Waals surface area contributed by atoms with E-state index in [1.807, 2.05) is 0 Å². The smallest absolute Gasteiger partial charge is 0.320 e. The molecule has 138 valence electrons. The molecule has 0 aliphatic heterocycles. The number of esters is 2. The fourth-order valence-corrected chi connectivity index (χ4v) is 2.38. The summed E-state index contributed by atoms with van der Waals surface area (Å²) in [6.45, 7) is 5.22. The van der Waals surface area contributed by atoms with Crippen LogP contribution in [0.15, 0.2) is 24.3 Å². The number of rotatable bonds is 9. The van der Waals surface area contributed by atoms with Crippen LogP contribution in [-0.2, 0) is 23.9 Å². The maximum atomic E-state index is 12.1. The molecule has 0 fully saturated rings. The fourth-order valence-electron chi connectivity index (χ4n) is 2.38. The normalized spacial score (nSPS) is 10.3. The third-order valence-corrected chi connectivity index (χ3v) is 3.54. The van der Waals surface area contributed by atoms with E-state index in [4.69, 9.17) is 14.2 Å². The molecule has 0 saturated carbocycles. The summed E-state index contributed by atoms with van der Waals surface area (Å²) in [7, 11) is 1.51. The van der Waals surface area contributed by atoms with E-state index in [1.165, 1.54) is 18.9 Å². The van der Waals surface area contributed by atoms with Gasteiger partial charge in [0.15, 0.2) is 5.92 Å². The summed E-state index contributed by atoms with van der Waals surface area (Å²) in [5.74, 6) is -2.07.